The van der Waals surface area contributed by atoms with E-state index in [-0.39, 0.29) is 22.8 Å². The number of halogens is 7. The van der Waals surface area contributed by atoms with Crippen LogP contribution in [0.15, 0.2) is 36.4 Å². The Kier molecular flexibility index (Phi) is 6.31. The first-order chi connectivity index (χ1) is 14.9. The van der Waals surface area contributed by atoms with Gasteiger partial charge in [0.2, 0.25) is 5.91 Å². The molecule has 0 unspecified atom stereocenters. The van der Waals surface area contributed by atoms with Crippen molar-refractivity contribution >= 4 is 75.5 Å². The van der Waals surface area contributed by atoms with Gasteiger partial charge in [0.15, 0.2) is 0 Å². The third-order valence-corrected chi connectivity index (χ3v) is 7.21. The fraction of sp³-hybridized carbons (Fsp3) is 0.333. The molecular formula is C21H15Cl5F2N2O2. The Morgan fingerprint density at radius 2 is 1.69 bits per heavy atom. The Labute approximate surface area is 207 Å². The summed E-state index contributed by atoms with van der Waals surface area (Å²) in [7, 11) is 0. The molecule has 2 aromatic rings. The third kappa shape index (κ3) is 4.66. The van der Waals surface area contributed by atoms with Crippen LogP contribution < -0.4 is 5.32 Å². The summed E-state index contributed by atoms with van der Waals surface area (Å²) in [4.78, 5) is 26.6. The second-order valence-corrected chi connectivity index (χ2v) is 10.6. The van der Waals surface area contributed by atoms with Gasteiger partial charge in [-0.25, -0.2) is 8.78 Å². The van der Waals surface area contributed by atoms with Gasteiger partial charge < -0.3 is 10.2 Å². The van der Waals surface area contributed by atoms with E-state index in [1.807, 2.05) is 0 Å². The van der Waals surface area contributed by atoms with Gasteiger partial charge in [-0.1, -0.05) is 34.8 Å². The number of hydrogen-bond acceptors (Lipinski definition) is 2. The van der Waals surface area contributed by atoms with Crippen molar-refractivity contribution in [3.8, 4) is 0 Å². The summed E-state index contributed by atoms with van der Waals surface area (Å²) in [5, 5.41) is 3.52. The first-order valence-electron chi connectivity index (χ1n) is 9.50. The Morgan fingerprint density at radius 3 is 2.28 bits per heavy atom. The van der Waals surface area contributed by atoms with E-state index >= 15 is 0 Å². The molecule has 11 heteroatoms. The van der Waals surface area contributed by atoms with E-state index in [1.165, 1.54) is 18.2 Å². The third-order valence-electron chi connectivity index (χ3n) is 5.50. The zero-order valence-corrected chi connectivity index (χ0v) is 19.9. The van der Waals surface area contributed by atoms with E-state index in [0.717, 1.165) is 4.90 Å². The number of carbonyl (C=O) groups is 2. The number of alkyl halides is 4. The molecule has 1 aliphatic heterocycles. The number of carbonyl (C=O) groups excluding carboxylic acids is 2. The van der Waals surface area contributed by atoms with Crippen LogP contribution in [0.5, 0.6) is 0 Å². The molecule has 2 aromatic carbocycles. The SMILES string of the molecule is O=C(Nc1ccc(Cl)c(C(=O)N2CCC(F)(F)C2)c1)[C@@H]1[C@@H](c2cc(Cl)cc(Cl)c2)C1(Cl)Cl. The van der Waals surface area contributed by atoms with E-state index in [0.29, 0.717) is 15.6 Å². The number of hydrogen-bond donors (Lipinski definition) is 1. The van der Waals surface area contributed by atoms with Gasteiger partial charge in [-0.2, -0.15) is 0 Å². The lowest BCUT2D eigenvalue weighted by Crippen LogP contribution is -2.31. The van der Waals surface area contributed by atoms with E-state index in [2.05, 4.69) is 5.32 Å². The van der Waals surface area contributed by atoms with Gasteiger partial charge in [-0.15, -0.1) is 23.2 Å². The minimum absolute atomic E-state index is 0.0131. The minimum atomic E-state index is -2.93. The van der Waals surface area contributed by atoms with Crippen molar-refractivity contribution in [3.63, 3.8) is 0 Å². The molecule has 1 saturated carbocycles. The van der Waals surface area contributed by atoms with E-state index in [1.54, 1.807) is 18.2 Å². The molecule has 1 saturated heterocycles. The molecule has 1 heterocycles. The molecule has 2 atom stereocenters. The van der Waals surface area contributed by atoms with Crippen molar-refractivity contribution in [2.45, 2.75) is 22.6 Å². The summed E-state index contributed by atoms with van der Waals surface area (Å²) in [6.07, 6.45) is -0.406. The quantitative estimate of drug-likeness (QED) is 0.440. The number of nitrogens with one attached hydrogen (secondary N) is 1. The molecule has 170 valence electrons. The highest BCUT2D eigenvalue weighted by Crippen LogP contribution is 2.65. The van der Waals surface area contributed by atoms with Crippen molar-refractivity contribution in [1.29, 1.82) is 0 Å². The number of benzene rings is 2. The van der Waals surface area contributed by atoms with Crippen LogP contribution in [0.4, 0.5) is 14.5 Å². The lowest BCUT2D eigenvalue weighted by Gasteiger charge is -2.17. The van der Waals surface area contributed by atoms with Gasteiger partial charge in [0, 0.05) is 34.6 Å². The van der Waals surface area contributed by atoms with Crippen LogP contribution in [-0.2, 0) is 4.79 Å². The minimum Gasteiger partial charge on any atom is -0.332 e. The first-order valence-corrected chi connectivity index (χ1v) is 11.4. The van der Waals surface area contributed by atoms with Crippen LogP contribution in [0, 0.1) is 5.92 Å². The van der Waals surface area contributed by atoms with Gasteiger partial charge in [-0.05, 0) is 42.0 Å². The van der Waals surface area contributed by atoms with Gasteiger partial charge >= 0.3 is 0 Å². The van der Waals surface area contributed by atoms with E-state index in [9.17, 15) is 18.4 Å². The summed E-state index contributed by atoms with van der Waals surface area (Å²) in [5.41, 5.74) is 0.890. The van der Waals surface area contributed by atoms with Crippen LogP contribution in [0.1, 0.15) is 28.3 Å². The van der Waals surface area contributed by atoms with Crippen LogP contribution in [0.25, 0.3) is 0 Å². The number of likely N-dealkylation sites (tertiary alicyclic amines) is 1. The molecule has 0 spiro atoms. The second kappa shape index (κ2) is 8.48. The Hall–Kier alpha value is -1.31. The maximum atomic E-state index is 13.5. The molecule has 2 aliphatic rings. The highest BCUT2D eigenvalue weighted by molar-refractivity contribution is 6.53. The standard InChI is InChI=1S/C21H15Cl5F2N2O2/c22-11-5-10(6-12(23)7-11)16-17(21(16,25)26)18(31)29-13-1-2-15(24)14(8-13)19(32)30-4-3-20(27,28)9-30/h1-2,5-8,16-17H,3-4,9H2,(H,29,31)/t16-,17+/m1/s1. The number of amides is 2. The summed E-state index contributed by atoms with van der Waals surface area (Å²) in [5.74, 6) is -5.38. The maximum Gasteiger partial charge on any atom is 0.267 e. The van der Waals surface area contributed by atoms with E-state index in [4.69, 9.17) is 58.0 Å². The molecule has 2 amide bonds. The largest absolute Gasteiger partial charge is 0.332 e. The molecule has 0 radical (unpaired) electrons. The zero-order valence-electron chi connectivity index (χ0n) is 16.1. The summed E-state index contributed by atoms with van der Waals surface area (Å²) in [6, 6.07) is 9.07. The topological polar surface area (TPSA) is 49.4 Å². The second-order valence-electron chi connectivity index (χ2n) is 7.85. The van der Waals surface area contributed by atoms with Crippen molar-refractivity contribution in [1.82, 2.24) is 4.90 Å². The predicted molar refractivity (Wildman–Crippen MR) is 123 cm³/mol. The smallest absolute Gasteiger partial charge is 0.267 e. The molecule has 1 aliphatic carbocycles. The van der Waals surface area contributed by atoms with Crippen LogP contribution in [0.2, 0.25) is 15.1 Å². The summed E-state index contributed by atoms with van der Waals surface area (Å²) in [6.45, 7) is -0.753. The lowest BCUT2D eigenvalue weighted by molar-refractivity contribution is -0.117. The fourth-order valence-electron chi connectivity index (χ4n) is 3.89. The molecule has 0 aromatic heterocycles. The average molecular weight is 543 g/mol. The summed E-state index contributed by atoms with van der Waals surface area (Å²) < 4.78 is 25.6. The Morgan fingerprint density at radius 1 is 1.03 bits per heavy atom. The fourth-order valence-corrected chi connectivity index (χ4v) is 5.46. The summed E-state index contributed by atoms with van der Waals surface area (Å²) >= 11 is 30.9. The molecule has 0 bridgehead atoms. The maximum absolute atomic E-state index is 13.5. The van der Waals surface area contributed by atoms with Gasteiger partial charge in [0.1, 0.15) is 4.33 Å². The average Bonchev–Trinajstić information content (AvgIpc) is 3.08. The zero-order chi connectivity index (χ0) is 23.4. The van der Waals surface area contributed by atoms with Gasteiger partial charge in [0.05, 0.1) is 23.0 Å². The lowest BCUT2D eigenvalue weighted by atomic mass is 10.1. The number of anilines is 1. The highest BCUT2D eigenvalue weighted by Gasteiger charge is 2.67. The van der Waals surface area contributed by atoms with Crippen molar-refractivity contribution < 1.29 is 18.4 Å². The monoisotopic (exact) mass is 540 g/mol. The molecule has 32 heavy (non-hydrogen) atoms. The van der Waals surface area contributed by atoms with Gasteiger partial charge in [-0.3, -0.25) is 9.59 Å². The number of nitrogens with zero attached hydrogens (tertiary/aromatic N) is 1. The first kappa shape index (κ1) is 23.8. The van der Waals surface area contributed by atoms with Gasteiger partial charge in [0.25, 0.3) is 11.8 Å². The van der Waals surface area contributed by atoms with Crippen molar-refractivity contribution in [3.05, 3.63) is 62.6 Å². The molecule has 2 fully saturated rings. The Bertz CT molecular complexity index is 1090. The number of rotatable bonds is 4. The molecular weight excluding hydrogens is 528 g/mol. The van der Waals surface area contributed by atoms with Crippen molar-refractivity contribution in [2.24, 2.45) is 5.92 Å². The van der Waals surface area contributed by atoms with Crippen LogP contribution in [0.3, 0.4) is 0 Å². The van der Waals surface area contributed by atoms with Crippen LogP contribution >= 0.6 is 58.0 Å². The van der Waals surface area contributed by atoms with Crippen molar-refractivity contribution in [2.75, 3.05) is 18.4 Å². The molecule has 1 N–H and O–H groups in total. The van der Waals surface area contributed by atoms with E-state index < -0.39 is 46.9 Å². The molecule has 4 nitrogen and oxygen atoms in total. The normalized spacial score (nSPS) is 23.2. The Balaban J connectivity index is 1.51. The van der Waals surface area contributed by atoms with Crippen LogP contribution in [-0.4, -0.2) is 40.1 Å². The highest BCUT2D eigenvalue weighted by atomic mass is 35.5. The molecule has 4 rings (SSSR count). The predicted octanol–water partition coefficient (Wildman–Crippen LogP) is 6.65.